The summed E-state index contributed by atoms with van der Waals surface area (Å²) in [4.78, 5) is 37.5. The number of carbonyl (C=O) groups is 1. The highest BCUT2D eigenvalue weighted by molar-refractivity contribution is 7.46. The van der Waals surface area contributed by atoms with Crippen LogP contribution >= 0.6 is 8.38 Å². The third-order valence-electron chi connectivity index (χ3n) is 6.59. The van der Waals surface area contributed by atoms with E-state index in [1.165, 1.54) is 0 Å². The third kappa shape index (κ3) is 7.15. The summed E-state index contributed by atoms with van der Waals surface area (Å²) in [6.07, 6.45) is 3.08. The quantitative estimate of drug-likeness (QED) is 0.101. The number of nitrogens with two attached hydrogens (primary N) is 1. The van der Waals surface area contributed by atoms with E-state index >= 15 is 0 Å². The summed E-state index contributed by atoms with van der Waals surface area (Å²) < 4.78 is 32.2. The average molecular weight is 558 g/mol. The molecule has 0 unspecified atom stereocenters. The highest BCUT2D eigenvalue weighted by Gasteiger charge is 2.37. The Morgan fingerprint density at radius 1 is 1.05 bits per heavy atom. The number of carboxylic acid groups (broad SMARTS) is 1. The molecule has 0 radical (unpaired) electrons. The predicted molar refractivity (Wildman–Crippen MR) is 147 cm³/mol. The van der Waals surface area contributed by atoms with Crippen LogP contribution in [0.5, 0.6) is 5.75 Å². The summed E-state index contributed by atoms with van der Waals surface area (Å²) in [6.45, 7) is 2.01. The first-order valence-electron chi connectivity index (χ1n) is 12.5. The number of anilines is 1. The fourth-order valence-corrected chi connectivity index (χ4v) is 4.79. The minimum Gasteiger partial charge on any atom is -0.494 e. The fraction of sp³-hybridized carbons (Fsp3) is 0.321. The molecule has 11 heteroatoms. The molecule has 39 heavy (non-hydrogen) atoms. The van der Waals surface area contributed by atoms with Gasteiger partial charge in [0, 0.05) is 29.8 Å². The lowest BCUT2D eigenvalue weighted by Crippen LogP contribution is -2.14. The highest BCUT2D eigenvalue weighted by Crippen LogP contribution is 2.47. The highest BCUT2D eigenvalue weighted by atomic mass is 31.2. The Bertz CT molecular complexity index is 1500. The van der Waals surface area contributed by atoms with Crippen LogP contribution in [0, 0.1) is 6.92 Å². The Kier molecular flexibility index (Phi) is 8.90. The molecule has 8 nitrogen and oxygen atoms in total. The number of aryl methyl sites for hydroxylation is 4. The summed E-state index contributed by atoms with van der Waals surface area (Å²) >= 11 is 0. The van der Waals surface area contributed by atoms with Gasteiger partial charge in [0.1, 0.15) is 11.3 Å². The molecule has 0 aliphatic rings. The molecular weight excluding hydrogens is 527 g/mol. The van der Waals surface area contributed by atoms with E-state index in [-0.39, 0.29) is 19.4 Å². The number of ether oxygens (including phenoxy) is 1. The number of aliphatic carboxylic acids is 1. The van der Waals surface area contributed by atoms with Gasteiger partial charge < -0.3 is 25.4 Å². The number of hydrogen-bond acceptors (Lipinski definition) is 7. The van der Waals surface area contributed by atoms with Crippen LogP contribution in [-0.2, 0) is 24.1 Å². The molecule has 0 aliphatic heterocycles. The Balaban J connectivity index is 1.43. The van der Waals surface area contributed by atoms with Gasteiger partial charge in [-0.3, -0.25) is 9.78 Å². The lowest BCUT2D eigenvalue weighted by molar-refractivity contribution is -0.136. The van der Waals surface area contributed by atoms with E-state index in [1.54, 1.807) is 12.3 Å². The number of fused-ring (bicyclic) bond motifs is 3. The lowest BCUT2D eigenvalue weighted by Gasteiger charge is -2.17. The molecule has 0 aliphatic carbocycles. The molecule has 0 spiro atoms. The van der Waals surface area contributed by atoms with Crippen LogP contribution in [0.1, 0.15) is 41.5 Å². The molecule has 4 rings (SSSR count). The first-order valence-corrected chi connectivity index (χ1v) is 13.7. The smallest absolute Gasteiger partial charge is 0.314 e. The first kappa shape index (κ1) is 28.5. The van der Waals surface area contributed by atoms with Gasteiger partial charge in [-0.2, -0.15) is 8.78 Å². The number of benzene rings is 2. The molecule has 4 aromatic rings. The molecule has 0 amide bonds. The van der Waals surface area contributed by atoms with Crippen molar-refractivity contribution in [1.29, 1.82) is 0 Å². The monoisotopic (exact) mass is 557 g/mol. The minimum atomic E-state index is -3.49. The van der Waals surface area contributed by atoms with Gasteiger partial charge in [0.2, 0.25) is 8.38 Å². The van der Waals surface area contributed by atoms with Gasteiger partial charge in [-0.25, -0.2) is 4.98 Å². The number of nitrogen functional groups attached to an aromatic ring is 1. The van der Waals surface area contributed by atoms with Crippen LogP contribution in [0.3, 0.4) is 0 Å². The number of hydrogen-bond donors (Lipinski definition) is 4. The van der Waals surface area contributed by atoms with Crippen molar-refractivity contribution in [2.75, 3.05) is 12.3 Å². The van der Waals surface area contributed by atoms with E-state index < -0.39 is 26.4 Å². The van der Waals surface area contributed by atoms with Crippen LogP contribution in [0.25, 0.3) is 21.8 Å². The molecule has 0 saturated heterocycles. The van der Waals surface area contributed by atoms with E-state index in [2.05, 4.69) is 16.0 Å². The second-order valence-electron chi connectivity index (χ2n) is 9.48. The van der Waals surface area contributed by atoms with Crippen LogP contribution < -0.4 is 10.5 Å². The third-order valence-corrected chi connectivity index (χ3v) is 7.40. The molecule has 5 N–H and O–H groups in total. The summed E-state index contributed by atoms with van der Waals surface area (Å²) in [6, 6.07) is 13.4. The SMILES string of the molecule is Cc1cc(OCCCC(F)(F)P(O)O)ccc1CCc1cnc2c(N)nc3cc(CCC(=O)O)ccc3c2c1. The van der Waals surface area contributed by atoms with Crippen molar-refractivity contribution in [1.82, 2.24) is 9.97 Å². The Hall–Kier alpha value is -3.46. The van der Waals surface area contributed by atoms with Gasteiger partial charge in [-0.05, 0) is 79.1 Å². The average Bonchev–Trinajstić information content (AvgIpc) is 2.89. The summed E-state index contributed by atoms with van der Waals surface area (Å²) in [5, 5.41) is 10.8. The van der Waals surface area contributed by atoms with Crippen molar-refractivity contribution >= 4 is 42.0 Å². The van der Waals surface area contributed by atoms with E-state index in [4.69, 9.17) is 25.4 Å². The van der Waals surface area contributed by atoms with Crippen LogP contribution in [-0.4, -0.2) is 43.1 Å². The predicted octanol–water partition coefficient (Wildman–Crippen LogP) is 5.52. The number of aromatic nitrogens is 2. The van der Waals surface area contributed by atoms with Crippen LogP contribution in [0.4, 0.5) is 14.6 Å². The normalized spacial score (nSPS) is 11.9. The second-order valence-corrected chi connectivity index (χ2v) is 10.7. The summed E-state index contributed by atoms with van der Waals surface area (Å²) in [5.41, 5.74) is 8.04. The number of carboxylic acids is 1. The van der Waals surface area contributed by atoms with Gasteiger partial charge in [-0.15, -0.1) is 0 Å². The first-order chi connectivity index (χ1) is 18.5. The van der Waals surface area contributed by atoms with Crippen molar-refractivity contribution in [3.63, 3.8) is 0 Å². The standard InChI is InChI=1S/C28H30F2N3O5P/c1-17-13-21(38-12-2-11-28(29,30)39(36)37)8-7-20(17)6-3-19-14-23-22-9-4-18(5-10-25(34)35)15-24(22)33-27(31)26(23)32-16-19/h4,7-9,13-16,36-37H,2-3,5-6,10-12H2,1H3,(H2,31,33)(H,34,35). The van der Waals surface area contributed by atoms with Crippen molar-refractivity contribution < 1.29 is 33.2 Å². The van der Waals surface area contributed by atoms with E-state index in [9.17, 15) is 13.6 Å². The zero-order valence-electron chi connectivity index (χ0n) is 21.4. The molecule has 2 heterocycles. The zero-order valence-corrected chi connectivity index (χ0v) is 22.3. The number of rotatable bonds is 12. The number of halogens is 2. The van der Waals surface area contributed by atoms with Crippen LogP contribution in [0.2, 0.25) is 0 Å². The summed E-state index contributed by atoms with van der Waals surface area (Å²) in [5.74, 6) is 0.0403. The maximum Gasteiger partial charge on any atom is 0.314 e. The minimum absolute atomic E-state index is 0.00107. The fourth-order valence-electron chi connectivity index (χ4n) is 4.43. The van der Waals surface area contributed by atoms with Crippen molar-refractivity contribution in [3.8, 4) is 5.75 Å². The molecular formula is C28H30F2N3O5P. The van der Waals surface area contributed by atoms with Gasteiger partial charge in [-0.1, -0.05) is 18.2 Å². The molecule has 0 atom stereocenters. The Labute approximate surface area is 225 Å². The van der Waals surface area contributed by atoms with Crippen molar-refractivity contribution in [2.45, 2.75) is 51.1 Å². The van der Waals surface area contributed by atoms with Crippen LogP contribution in [0.15, 0.2) is 48.7 Å². The number of nitrogens with zero attached hydrogens (tertiary/aromatic N) is 2. The molecule has 0 saturated carbocycles. The van der Waals surface area contributed by atoms with E-state index in [0.717, 1.165) is 45.9 Å². The molecule has 0 fully saturated rings. The maximum absolute atomic E-state index is 13.3. The molecule has 0 bridgehead atoms. The van der Waals surface area contributed by atoms with Crippen molar-refractivity contribution in [2.24, 2.45) is 0 Å². The van der Waals surface area contributed by atoms with Gasteiger partial charge in [0.15, 0.2) is 5.82 Å². The lowest BCUT2D eigenvalue weighted by atomic mass is 9.99. The zero-order chi connectivity index (χ0) is 28.2. The maximum atomic E-state index is 13.3. The molecule has 2 aromatic heterocycles. The molecule has 2 aromatic carbocycles. The molecule has 206 valence electrons. The van der Waals surface area contributed by atoms with Crippen molar-refractivity contribution in [3.05, 3.63) is 70.9 Å². The summed E-state index contributed by atoms with van der Waals surface area (Å²) in [7, 11) is -3.29. The number of pyridine rings is 2. The van der Waals surface area contributed by atoms with Gasteiger partial charge in [0.05, 0.1) is 12.1 Å². The largest absolute Gasteiger partial charge is 0.494 e. The van der Waals surface area contributed by atoms with E-state index in [1.807, 2.05) is 37.3 Å². The second kappa shape index (κ2) is 12.2. The van der Waals surface area contributed by atoms with Gasteiger partial charge in [0.25, 0.3) is 0 Å². The van der Waals surface area contributed by atoms with Gasteiger partial charge >= 0.3 is 11.6 Å². The topological polar surface area (TPSA) is 139 Å². The number of alkyl halides is 2. The Morgan fingerprint density at radius 3 is 2.56 bits per heavy atom. The Morgan fingerprint density at radius 2 is 1.85 bits per heavy atom. The van der Waals surface area contributed by atoms with E-state index in [0.29, 0.717) is 29.0 Å².